The summed E-state index contributed by atoms with van der Waals surface area (Å²) in [6, 6.07) is 6.24. The standard InChI is InChI=1S/C17H21NO6S2/c1-11(19)9-25-15-6-4-3-5-14(15)17(21)24-12(2)16(20)18-13-7-8-26(22,23)10-13/h3-6,12-13H,7-10H2,1-2H3,(H,18,20)/t12-,13+/m0/s1. The van der Waals surface area contributed by atoms with Gasteiger partial charge >= 0.3 is 5.97 Å². The Kier molecular flexibility index (Phi) is 6.82. The summed E-state index contributed by atoms with van der Waals surface area (Å²) in [6.45, 7) is 2.89. The zero-order chi connectivity index (χ0) is 19.3. The van der Waals surface area contributed by atoms with Gasteiger partial charge in [-0.2, -0.15) is 0 Å². The summed E-state index contributed by atoms with van der Waals surface area (Å²) in [5.41, 5.74) is 0.279. The second-order valence-electron chi connectivity index (χ2n) is 6.14. The first kappa shape index (κ1) is 20.4. The van der Waals surface area contributed by atoms with E-state index in [1.165, 1.54) is 25.6 Å². The molecule has 1 N–H and O–H groups in total. The third kappa shape index (κ3) is 5.84. The van der Waals surface area contributed by atoms with Crippen molar-refractivity contribution in [3.63, 3.8) is 0 Å². The van der Waals surface area contributed by atoms with Crippen LogP contribution in [0, 0.1) is 0 Å². The lowest BCUT2D eigenvalue weighted by Crippen LogP contribution is -2.42. The lowest BCUT2D eigenvalue weighted by atomic mass is 10.2. The van der Waals surface area contributed by atoms with Crippen molar-refractivity contribution in [1.82, 2.24) is 5.32 Å². The maximum Gasteiger partial charge on any atom is 0.340 e. The number of benzene rings is 1. The summed E-state index contributed by atoms with van der Waals surface area (Å²) in [6.07, 6.45) is -0.698. The Bertz CT molecular complexity index is 805. The second-order valence-corrected chi connectivity index (χ2v) is 9.39. The van der Waals surface area contributed by atoms with Crippen LogP contribution in [0.4, 0.5) is 0 Å². The Morgan fingerprint density at radius 1 is 1.31 bits per heavy atom. The lowest BCUT2D eigenvalue weighted by molar-refractivity contribution is -0.129. The molecule has 7 nitrogen and oxygen atoms in total. The molecule has 1 aliphatic heterocycles. The molecule has 0 spiro atoms. The summed E-state index contributed by atoms with van der Waals surface area (Å²) in [7, 11) is -3.10. The Hall–Kier alpha value is -1.87. The summed E-state index contributed by atoms with van der Waals surface area (Å²) in [4.78, 5) is 36.3. The molecule has 0 aliphatic carbocycles. The number of amides is 1. The molecule has 1 aromatic carbocycles. The van der Waals surface area contributed by atoms with Crippen LogP contribution in [0.15, 0.2) is 29.2 Å². The monoisotopic (exact) mass is 399 g/mol. The Labute approximate surface area is 156 Å². The second kappa shape index (κ2) is 8.68. The van der Waals surface area contributed by atoms with Crippen molar-refractivity contribution in [1.29, 1.82) is 0 Å². The van der Waals surface area contributed by atoms with Crippen molar-refractivity contribution >= 4 is 39.3 Å². The Morgan fingerprint density at radius 3 is 2.62 bits per heavy atom. The normalized spacial score (nSPS) is 19.5. The molecule has 142 valence electrons. The fraction of sp³-hybridized carbons (Fsp3) is 0.471. The van der Waals surface area contributed by atoms with Crippen molar-refractivity contribution < 1.29 is 27.5 Å². The lowest BCUT2D eigenvalue weighted by Gasteiger charge is -2.17. The Balaban J connectivity index is 1.96. The van der Waals surface area contributed by atoms with E-state index < -0.39 is 33.9 Å². The van der Waals surface area contributed by atoms with E-state index in [9.17, 15) is 22.8 Å². The van der Waals surface area contributed by atoms with Gasteiger partial charge in [0.2, 0.25) is 0 Å². The van der Waals surface area contributed by atoms with Gasteiger partial charge in [0.25, 0.3) is 5.91 Å². The van der Waals surface area contributed by atoms with E-state index in [1.54, 1.807) is 24.3 Å². The number of rotatable bonds is 7. The topological polar surface area (TPSA) is 107 Å². The highest BCUT2D eigenvalue weighted by Gasteiger charge is 2.31. The van der Waals surface area contributed by atoms with Crippen LogP contribution in [0.5, 0.6) is 0 Å². The average molecular weight is 399 g/mol. The average Bonchev–Trinajstić information content (AvgIpc) is 2.91. The predicted octanol–water partition coefficient (Wildman–Crippen LogP) is 1.22. The molecular formula is C17H21NO6S2. The highest BCUT2D eigenvalue weighted by molar-refractivity contribution is 8.00. The number of ether oxygens (including phenoxy) is 1. The number of Topliss-reactive ketones (excluding diaryl/α,β-unsaturated/α-hetero) is 1. The molecule has 1 amide bonds. The molecule has 1 saturated heterocycles. The largest absolute Gasteiger partial charge is 0.449 e. The minimum Gasteiger partial charge on any atom is -0.449 e. The molecule has 2 atom stereocenters. The number of sulfone groups is 1. The highest BCUT2D eigenvalue weighted by Crippen LogP contribution is 2.23. The van der Waals surface area contributed by atoms with Gasteiger partial charge in [-0.1, -0.05) is 12.1 Å². The van der Waals surface area contributed by atoms with Gasteiger partial charge in [0.05, 0.1) is 22.8 Å². The minimum absolute atomic E-state index is 0.0163. The molecule has 1 fully saturated rings. The first-order valence-electron chi connectivity index (χ1n) is 8.11. The van der Waals surface area contributed by atoms with E-state index in [2.05, 4.69) is 5.32 Å². The number of ketones is 1. The SMILES string of the molecule is CC(=O)CSc1ccccc1C(=O)O[C@@H](C)C(=O)N[C@@H]1CCS(=O)(=O)C1. The predicted molar refractivity (Wildman–Crippen MR) is 97.9 cm³/mol. The van der Waals surface area contributed by atoms with Crippen LogP contribution in [0.1, 0.15) is 30.6 Å². The van der Waals surface area contributed by atoms with Gasteiger partial charge in [-0.05, 0) is 32.4 Å². The zero-order valence-corrected chi connectivity index (χ0v) is 16.2. The fourth-order valence-electron chi connectivity index (χ4n) is 2.45. The van der Waals surface area contributed by atoms with Gasteiger partial charge in [0.1, 0.15) is 5.78 Å². The van der Waals surface area contributed by atoms with E-state index in [0.717, 1.165) is 0 Å². The smallest absolute Gasteiger partial charge is 0.340 e. The number of thioether (sulfide) groups is 1. The number of hydrogen-bond acceptors (Lipinski definition) is 7. The maximum absolute atomic E-state index is 12.4. The van der Waals surface area contributed by atoms with Crippen LogP contribution >= 0.6 is 11.8 Å². The summed E-state index contributed by atoms with van der Waals surface area (Å²) in [5, 5.41) is 2.60. The quantitative estimate of drug-likeness (QED) is 0.543. The van der Waals surface area contributed by atoms with E-state index in [-0.39, 0.29) is 28.6 Å². The number of nitrogens with one attached hydrogen (secondary N) is 1. The molecule has 2 rings (SSSR count). The van der Waals surface area contributed by atoms with Crippen LogP contribution in [-0.4, -0.2) is 55.5 Å². The first-order chi connectivity index (χ1) is 12.2. The summed E-state index contributed by atoms with van der Waals surface area (Å²) in [5.74, 6) is -1.03. The number of carbonyl (C=O) groups excluding carboxylic acids is 3. The molecule has 0 unspecified atom stereocenters. The summed E-state index contributed by atoms with van der Waals surface area (Å²) >= 11 is 1.23. The van der Waals surface area contributed by atoms with Crippen LogP contribution in [0.25, 0.3) is 0 Å². The maximum atomic E-state index is 12.4. The molecule has 0 saturated carbocycles. The van der Waals surface area contributed by atoms with Crippen LogP contribution in [0.2, 0.25) is 0 Å². The van der Waals surface area contributed by atoms with Crippen molar-refractivity contribution in [2.24, 2.45) is 0 Å². The molecule has 9 heteroatoms. The van der Waals surface area contributed by atoms with Crippen LogP contribution < -0.4 is 5.32 Å². The molecule has 26 heavy (non-hydrogen) atoms. The Morgan fingerprint density at radius 2 is 2.00 bits per heavy atom. The van der Waals surface area contributed by atoms with E-state index in [0.29, 0.717) is 11.3 Å². The molecule has 0 aromatic heterocycles. The van der Waals surface area contributed by atoms with E-state index >= 15 is 0 Å². The van der Waals surface area contributed by atoms with Crippen molar-refractivity contribution in [2.75, 3.05) is 17.3 Å². The van der Waals surface area contributed by atoms with Gasteiger partial charge in [-0.25, -0.2) is 13.2 Å². The van der Waals surface area contributed by atoms with Gasteiger partial charge in [0.15, 0.2) is 15.9 Å². The van der Waals surface area contributed by atoms with Gasteiger partial charge in [-0.15, -0.1) is 11.8 Å². The van der Waals surface area contributed by atoms with Gasteiger partial charge in [-0.3, -0.25) is 9.59 Å². The third-order valence-corrected chi connectivity index (χ3v) is 6.76. The number of hydrogen-bond donors (Lipinski definition) is 1. The molecule has 1 heterocycles. The zero-order valence-electron chi connectivity index (χ0n) is 14.6. The molecule has 0 bridgehead atoms. The first-order valence-corrected chi connectivity index (χ1v) is 10.9. The third-order valence-electron chi connectivity index (χ3n) is 3.77. The molecule has 1 aromatic rings. The van der Waals surface area contributed by atoms with Crippen LogP contribution in [0.3, 0.4) is 0 Å². The molecule has 0 radical (unpaired) electrons. The molecular weight excluding hydrogens is 378 g/mol. The minimum atomic E-state index is -3.10. The van der Waals surface area contributed by atoms with Crippen molar-refractivity contribution in [3.05, 3.63) is 29.8 Å². The van der Waals surface area contributed by atoms with Crippen LogP contribution in [-0.2, 0) is 24.2 Å². The van der Waals surface area contributed by atoms with E-state index in [4.69, 9.17) is 4.74 Å². The van der Waals surface area contributed by atoms with Gasteiger partial charge < -0.3 is 10.1 Å². The van der Waals surface area contributed by atoms with E-state index in [1.807, 2.05) is 0 Å². The molecule has 1 aliphatic rings. The number of carbonyl (C=O) groups is 3. The van der Waals surface area contributed by atoms with Crippen molar-refractivity contribution in [2.45, 2.75) is 37.3 Å². The van der Waals surface area contributed by atoms with Crippen molar-refractivity contribution in [3.8, 4) is 0 Å². The fourth-order valence-corrected chi connectivity index (χ4v) is 4.96. The van der Waals surface area contributed by atoms with Gasteiger partial charge in [0, 0.05) is 10.9 Å². The highest BCUT2D eigenvalue weighted by atomic mass is 32.2. The number of esters is 1. The summed E-state index contributed by atoms with van der Waals surface area (Å²) < 4.78 is 28.1.